The summed E-state index contributed by atoms with van der Waals surface area (Å²) in [6.45, 7) is 10.0. The van der Waals surface area contributed by atoms with Crippen molar-refractivity contribution in [1.29, 1.82) is 0 Å². The van der Waals surface area contributed by atoms with E-state index in [1.54, 1.807) is 16.3 Å². The molecule has 1 aromatic heterocycles. The van der Waals surface area contributed by atoms with Crippen molar-refractivity contribution in [3.63, 3.8) is 0 Å². The number of rotatable bonds is 5. The Bertz CT molecular complexity index is 1110. The number of hydrogen-bond donors (Lipinski definition) is 0. The molecule has 1 fully saturated rings. The van der Waals surface area contributed by atoms with E-state index in [1.165, 1.54) is 5.56 Å². The number of anilines is 1. The first kappa shape index (κ1) is 20.4. The van der Waals surface area contributed by atoms with Gasteiger partial charge in [-0.1, -0.05) is 12.1 Å². The average Bonchev–Trinajstić information content (AvgIpc) is 3.11. The van der Waals surface area contributed by atoms with Crippen molar-refractivity contribution in [1.82, 2.24) is 24.7 Å². The second-order valence-electron chi connectivity index (χ2n) is 7.74. The van der Waals surface area contributed by atoms with Crippen LogP contribution in [0.2, 0.25) is 0 Å². The molecule has 3 aromatic rings. The predicted octanol–water partition coefficient (Wildman–Crippen LogP) is 3.40. The van der Waals surface area contributed by atoms with Gasteiger partial charge in [-0.25, -0.2) is 4.68 Å². The molecule has 1 aliphatic rings. The molecule has 0 spiro atoms. The largest absolute Gasteiger partial charge is 0.369 e. The summed E-state index contributed by atoms with van der Waals surface area (Å²) in [6, 6.07) is 14.0. The SMILES string of the molecule is CC(=O)c1ccc(N2CCN(Cn3nnn(-c4cccc(C)c4C)c3=S)CC2)cc1. The van der Waals surface area contributed by atoms with Crippen LogP contribution in [0, 0.1) is 18.6 Å². The summed E-state index contributed by atoms with van der Waals surface area (Å²) in [5.41, 5.74) is 5.24. The molecule has 0 unspecified atom stereocenters. The number of ketones is 1. The highest BCUT2D eigenvalue weighted by molar-refractivity contribution is 7.71. The van der Waals surface area contributed by atoms with Gasteiger partial charge >= 0.3 is 0 Å². The third-order valence-corrected chi connectivity index (χ3v) is 6.17. The fourth-order valence-electron chi connectivity index (χ4n) is 3.72. The van der Waals surface area contributed by atoms with Gasteiger partial charge in [0.15, 0.2) is 5.78 Å². The number of piperazine rings is 1. The predicted molar refractivity (Wildman–Crippen MR) is 120 cm³/mol. The highest BCUT2D eigenvalue weighted by atomic mass is 32.1. The van der Waals surface area contributed by atoms with E-state index < -0.39 is 0 Å². The monoisotopic (exact) mass is 422 g/mol. The first-order valence-corrected chi connectivity index (χ1v) is 10.5. The summed E-state index contributed by atoms with van der Waals surface area (Å²) in [4.78, 5) is 16.1. The number of carbonyl (C=O) groups excluding carboxylic acids is 1. The van der Waals surface area contributed by atoms with Crippen molar-refractivity contribution in [3.05, 3.63) is 63.9 Å². The molecular formula is C22H26N6OS. The molecule has 0 amide bonds. The zero-order chi connectivity index (χ0) is 21.3. The van der Waals surface area contributed by atoms with Crippen LogP contribution in [0.1, 0.15) is 28.4 Å². The highest BCUT2D eigenvalue weighted by Gasteiger charge is 2.19. The second kappa shape index (κ2) is 8.49. The summed E-state index contributed by atoms with van der Waals surface area (Å²) in [5, 5.41) is 8.60. The number of carbonyl (C=O) groups is 1. The molecular weight excluding hydrogens is 396 g/mol. The summed E-state index contributed by atoms with van der Waals surface area (Å²) < 4.78 is 4.13. The molecule has 8 heteroatoms. The smallest absolute Gasteiger partial charge is 0.221 e. The van der Waals surface area contributed by atoms with Crippen LogP contribution in [0.3, 0.4) is 0 Å². The highest BCUT2D eigenvalue weighted by Crippen LogP contribution is 2.19. The number of aromatic nitrogens is 4. The van der Waals surface area contributed by atoms with Crippen molar-refractivity contribution in [2.45, 2.75) is 27.4 Å². The number of nitrogens with zero attached hydrogens (tertiary/aromatic N) is 6. The van der Waals surface area contributed by atoms with Crippen LogP contribution >= 0.6 is 12.2 Å². The van der Waals surface area contributed by atoms with E-state index in [2.05, 4.69) is 40.1 Å². The maximum Gasteiger partial charge on any atom is 0.221 e. The van der Waals surface area contributed by atoms with Crippen LogP contribution in [0.4, 0.5) is 5.69 Å². The Morgan fingerprint density at radius 3 is 2.37 bits per heavy atom. The van der Waals surface area contributed by atoms with Gasteiger partial charge in [-0.05, 0) is 84.9 Å². The third-order valence-electron chi connectivity index (χ3n) is 5.79. The molecule has 1 aliphatic heterocycles. The zero-order valence-corrected chi connectivity index (χ0v) is 18.4. The summed E-state index contributed by atoms with van der Waals surface area (Å²) in [6.07, 6.45) is 0. The molecule has 1 saturated heterocycles. The van der Waals surface area contributed by atoms with Gasteiger partial charge in [0.05, 0.1) is 12.4 Å². The van der Waals surface area contributed by atoms with E-state index in [-0.39, 0.29) is 5.78 Å². The first-order valence-electron chi connectivity index (χ1n) is 10.1. The molecule has 2 aromatic carbocycles. The van der Waals surface area contributed by atoms with Crippen LogP contribution in [0.15, 0.2) is 42.5 Å². The van der Waals surface area contributed by atoms with Crippen molar-refractivity contribution in [2.24, 2.45) is 0 Å². The van der Waals surface area contributed by atoms with Gasteiger partial charge in [-0.2, -0.15) is 4.68 Å². The average molecular weight is 423 g/mol. The minimum atomic E-state index is 0.0945. The van der Waals surface area contributed by atoms with Gasteiger partial charge in [0.1, 0.15) is 0 Å². The third kappa shape index (κ3) is 4.06. The molecule has 0 atom stereocenters. The number of Topliss-reactive ketones (excluding diaryl/α,β-unsaturated/α-hetero) is 1. The Kier molecular flexibility index (Phi) is 5.78. The fraction of sp³-hybridized carbons (Fsp3) is 0.364. The molecule has 0 N–H and O–H groups in total. The van der Waals surface area contributed by atoms with E-state index in [0.29, 0.717) is 11.4 Å². The minimum Gasteiger partial charge on any atom is -0.369 e. The van der Waals surface area contributed by atoms with Crippen molar-refractivity contribution >= 4 is 23.7 Å². The number of tetrazole rings is 1. The maximum absolute atomic E-state index is 11.5. The topological polar surface area (TPSA) is 59.2 Å². The van der Waals surface area contributed by atoms with E-state index in [0.717, 1.165) is 48.7 Å². The first-order chi connectivity index (χ1) is 14.4. The van der Waals surface area contributed by atoms with Crippen molar-refractivity contribution in [3.8, 4) is 5.69 Å². The molecule has 0 aliphatic carbocycles. The zero-order valence-electron chi connectivity index (χ0n) is 17.6. The van der Waals surface area contributed by atoms with Gasteiger partial charge in [-0.3, -0.25) is 9.69 Å². The minimum absolute atomic E-state index is 0.0945. The Labute approximate surface area is 181 Å². The quantitative estimate of drug-likeness (QED) is 0.464. The Balaban J connectivity index is 1.41. The summed E-state index contributed by atoms with van der Waals surface area (Å²) in [7, 11) is 0. The summed E-state index contributed by atoms with van der Waals surface area (Å²) >= 11 is 5.65. The lowest BCUT2D eigenvalue weighted by atomic mass is 10.1. The Morgan fingerprint density at radius 2 is 1.70 bits per heavy atom. The van der Waals surface area contributed by atoms with Crippen molar-refractivity contribution < 1.29 is 4.79 Å². The maximum atomic E-state index is 11.5. The van der Waals surface area contributed by atoms with Crippen LogP contribution in [-0.2, 0) is 6.67 Å². The van der Waals surface area contributed by atoms with Crippen LogP contribution in [0.5, 0.6) is 0 Å². The molecule has 7 nitrogen and oxygen atoms in total. The normalized spacial score (nSPS) is 14.8. The van der Waals surface area contributed by atoms with E-state index >= 15 is 0 Å². The molecule has 2 heterocycles. The Morgan fingerprint density at radius 1 is 1.00 bits per heavy atom. The summed E-state index contributed by atoms with van der Waals surface area (Å²) in [5.74, 6) is 0.0945. The van der Waals surface area contributed by atoms with E-state index in [9.17, 15) is 4.79 Å². The number of aryl methyl sites for hydroxylation is 1. The van der Waals surface area contributed by atoms with Gasteiger partial charge in [-0.15, -0.1) is 0 Å². The number of hydrogen-bond acceptors (Lipinski definition) is 6. The lowest BCUT2D eigenvalue weighted by Crippen LogP contribution is -2.47. The van der Waals surface area contributed by atoms with Gasteiger partial charge in [0, 0.05) is 37.4 Å². The van der Waals surface area contributed by atoms with E-state index in [4.69, 9.17) is 12.2 Å². The Hall–Kier alpha value is -2.84. The lowest BCUT2D eigenvalue weighted by molar-refractivity contribution is 0.101. The fourth-order valence-corrected chi connectivity index (χ4v) is 3.95. The molecule has 0 radical (unpaired) electrons. The standard InChI is InChI=1S/C22H26N6OS/c1-16-5-4-6-21(17(16)2)28-22(30)27(23-24-28)15-25-11-13-26(14-12-25)20-9-7-19(8-10-20)18(3)29/h4-10H,11-15H2,1-3H3. The number of benzene rings is 2. The molecule has 156 valence electrons. The molecule has 0 saturated carbocycles. The lowest BCUT2D eigenvalue weighted by Gasteiger charge is -2.35. The molecule has 0 bridgehead atoms. The van der Waals surface area contributed by atoms with Gasteiger partial charge in [0.25, 0.3) is 0 Å². The van der Waals surface area contributed by atoms with Crippen LogP contribution < -0.4 is 4.90 Å². The molecule has 4 rings (SSSR count). The van der Waals surface area contributed by atoms with Crippen molar-refractivity contribution in [2.75, 3.05) is 31.1 Å². The second-order valence-corrected chi connectivity index (χ2v) is 8.11. The van der Waals surface area contributed by atoms with Crippen LogP contribution in [-0.4, -0.2) is 56.7 Å². The van der Waals surface area contributed by atoms with Gasteiger partial charge < -0.3 is 4.90 Å². The van der Waals surface area contributed by atoms with Gasteiger partial charge in [0.2, 0.25) is 4.77 Å². The van der Waals surface area contributed by atoms with E-state index in [1.807, 2.05) is 36.4 Å². The van der Waals surface area contributed by atoms with Crippen LogP contribution in [0.25, 0.3) is 5.69 Å². The molecule has 30 heavy (non-hydrogen) atoms.